The molecule has 0 saturated heterocycles. The SMILES string of the molecule is Nc1noc(CC2CCCCCC2)c1Cl. The Morgan fingerprint density at radius 3 is 2.47 bits per heavy atom. The minimum atomic E-state index is 0.320. The third-order valence-electron chi connectivity index (χ3n) is 3.17. The van der Waals surface area contributed by atoms with Gasteiger partial charge in [0.15, 0.2) is 11.6 Å². The fraction of sp³-hybridized carbons (Fsp3) is 0.727. The van der Waals surface area contributed by atoms with Gasteiger partial charge in [0.05, 0.1) is 0 Å². The van der Waals surface area contributed by atoms with Crippen LogP contribution in [-0.2, 0) is 6.42 Å². The second kappa shape index (κ2) is 4.88. The van der Waals surface area contributed by atoms with Gasteiger partial charge in [-0.2, -0.15) is 0 Å². The summed E-state index contributed by atoms with van der Waals surface area (Å²) in [5.41, 5.74) is 5.54. The Morgan fingerprint density at radius 1 is 1.27 bits per heavy atom. The van der Waals surface area contributed by atoms with Gasteiger partial charge in [-0.05, 0) is 5.92 Å². The lowest BCUT2D eigenvalue weighted by atomic mass is 9.95. The van der Waals surface area contributed by atoms with Gasteiger partial charge in [-0.15, -0.1) is 0 Å². The molecule has 0 unspecified atom stereocenters. The molecule has 0 bridgehead atoms. The molecule has 1 aromatic heterocycles. The maximum Gasteiger partial charge on any atom is 0.185 e. The van der Waals surface area contributed by atoms with Gasteiger partial charge < -0.3 is 10.3 Å². The number of anilines is 1. The van der Waals surface area contributed by atoms with Gasteiger partial charge in [0, 0.05) is 6.42 Å². The molecule has 84 valence electrons. The van der Waals surface area contributed by atoms with Crippen LogP contribution in [0.3, 0.4) is 0 Å². The molecule has 0 radical (unpaired) electrons. The fourth-order valence-electron chi connectivity index (χ4n) is 2.28. The summed E-state index contributed by atoms with van der Waals surface area (Å²) in [7, 11) is 0. The van der Waals surface area contributed by atoms with Gasteiger partial charge >= 0.3 is 0 Å². The minimum absolute atomic E-state index is 0.320. The summed E-state index contributed by atoms with van der Waals surface area (Å²) >= 11 is 5.99. The molecule has 1 aliphatic carbocycles. The summed E-state index contributed by atoms with van der Waals surface area (Å²) in [4.78, 5) is 0. The number of nitrogens with zero attached hydrogens (tertiary/aromatic N) is 1. The number of nitrogens with two attached hydrogens (primary N) is 1. The zero-order valence-electron chi connectivity index (χ0n) is 8.84. The number of hydrogen-bond donors (Lipinski definition) is 1. The summed E-state index contributed by atoms with van der Waals surface area (Å²) in [6.45, 7) is 0. The lowest BCUT2D eigenvalue weighted by molar-refractivity contribution is 0.346. The standard InChI is InChI=1S/C11H17ClN2O/c12-10-9(15-14-11(10)13)7-8-5-3-1-2-4-6-8/h8H,1-7H2,(H2,13,14). The molecule has 0 aromatic carbocycles. The van der Waals surface area contributed by atoms with Crippen molar-refractivity contribution in [3.8, 4) is 0 Å². The molecule has 4 heteroatoms. The van der Waals surface area contributed by atoms with Crippen LogP contribution in [0.25, 0.3) is 0 Å². The van der Waals surface area contributed by atoms with Crippen molar-refractivity contribution in [3.05, 3.63) is 10.8 Å². The van der Waals surface area contributed by atoms with Crippen LogP contribution in [0.1, 0.15) is 44.3 Å². The van der Waals surface area contributed by atoms with E-state index < -0.39 is 0 Å². The maximum atomic E-state index is 5.99. The number of nitrogen functional groups attached to an aromatic ring is 1. The van der Waals surface area contributed by atoms with Crippen LogP contribution in [0.4, 0.5) is 5.82 Å². The zero-order chi connectivity index (χ0) is 10.7. The molecular weight excluding hydrogens is 212 g/mol. The van der Waals surface area contributed by atoms with Gasteiger partial charge in [-0.25, -0.2) is 0 Å². The van der Waals surface area contributed by atoms with Crippen LogP contribution in [0.2, 0.25) is 5.02 Å². The fourth-order valence-corrected chi connectivity index (χ4v) is 2.43. The number of halogens is 1. The molecule has 1 fully saturated rings. The maximum absolute atomic E-state index is 5.99. The van der Waals surface area contributed by atoms with E-state index in [1.807, 2.05) is 0 Å². The van der Waals surface area contributed by atoms with E-state index in [2.05, 4.69) is 5.16 Å². The van der Waals surface area contributed by atoms with E-state index in [4.69, 9.17) is 21.9 Å². The highest BCUT2D eigenvalue weighted by atomic mass is 35.5. The first-order chi connectivity index (χ1) is 7.27. The van der Waals surface area contributed by atoms with E-state index in [0.29, 0.717) is 16.8 Å². The Bertz CT molecular complexity index is 316. The van der Waals surface area contributed by atoms with Crippen molar-refractivity contribution in [2.45, 2.75) is 44.9 Å². The van der Waals surface area contributed by atoms with Crippen LogP contribution in [-0.4, -0.2) is 5.16 Å². The third kappa shape index (κ3) is 2.65. The molecule has 1 saturated carbocycles. The van der Waals surface area contributed by atoms with Crippen LogP contribution >= 0.6 is 11.6 Å². The first-order valence-corrected chi connectivity index (χ1v) is 6.04. The topological polar surface area (TPSA) is 52.0 Å². The van der Waals surface area contributed by atoms with E-state index in [0.717, 1.165) is 12.2 Å². The first kappa shape index (κ1) is 10.8. The Labute approximate surface area is 95.0 Å². The Hall–Kier alpha value is -0.700. The molecule has 15 heavy (non-hydrogen) atoms. The molecule has 0 atom stereocenters. The van der Waals surface area contributed by atoms with Gasteiger partial charge in [-0.1, -0.05) is 55.3 Å². The minimum Gasteiger partial charge on any atom is -0.380 e. The van der Waals surface area contributed by atoms with Gasteiger partial charge in [0.25, 0.3) is 0 Å². The predicted octanol–water partition coefficient (Wildman–Crippen LogP) is 3.42. The Morgan fingerprint density at radius 2 is 1.93 bits per heavy atom. The summed E-state index contributed by atoms with van der Waals surface area (Å²) < 4.78 is 5.13. The smallest absolute Gasteiger partial charge is 0.185 e. The summed E-state index contributed by atoms with van der Waals surface area (Å²) in [6, 6.07) is 0. The van der Waals surface area contributed by atoms with E-state index in [-0.39, 0.29) is 0 Å². The molecule has 2 N–H and O–H groups in total. The number of hydrogen-bond acceptors (Lipinski definition) is 3. The molecular formula is C11H17ClN2O. The largest absolute Gasteiger partial charge is 0.380 e. The van der Waals surface area contributed by atoms with Gasteiger partial charge in [-0.3, -0.25) is 0 Å². The van der Waals surface area contributed by atoms with Crippen molar-refractivity contribution in [2.75, 3.05) is 5.73 Å². The summed E-state index contributed by atoms with van der Waals surface area (Å²) in [6.07, 6.45) is 8.82. The average molecular weight is 229 g/mol. The Kier molecular flexibility index (Phi) is 3.52. The Balaban J connectivity index is 1.98. The molecule has 1 aliphatic rings. The zero-order valence-corrected chi connectivity index (χ0v) is 9.59. The van der Waals surface area contributed by atoms with Crippen molar-refractivity contribution in [2.24, 2.45) is 5.92 Å². The highest BCUT2D eigenvalue weighted by Gasteiger charge is 2.18. The molecule has 3 nitrogen and oxygen atoms in total. The van der Waals surface area contributed by atoms with Crippen molar-refractivity contribution < 1.29 is 4.52 Å². The second-order valence-electron chi connectivity index (χ2n) is 4.37. The molecule has 1 heterocycles. The van der Waals surface area contributed by atoms with Crippen LogP contribution < -0.4 is 5.73 Å². The van der Waals surface area contributed by atoms with Crippen molar-refractivity contribution in [3.63, 3.8) is 0 Å². The quantitative estimate of drug-likeness (QED) is 0.790. The molecule has 1 aromatic rings. The van der Waals surface area contributed by atoms with Crippen LogP contribution in [0.5, 0.6) is 0 Å². The van der Waals surface area contributed by atoms with E-state index in [1.165, 1.54) is 38.5 Å². The molecule has 0 aliphatic heterocycles. The summed E-state index contributed by atoms with van der Waals surface area (Å²) in [5.74, 6) is 1.78. The summed E-state index contributed by atoms with van der Waals surface area (Å²) in [5, 5.41) is 4.19. The van der Waals surface area contributed by atoms with Gasteiger partial charge in [0.1, 0.15) is 5.02 Å². The van der Waals surface area contributed by atoms with Crippen molar-refractivity contribution in [1.29, 1.82) is 0 Å². The highest BCUT2D eigenvalue weighted by molar-refractivity contribution is 6.33. The normalized spacial score (nSPS) is 19.0. The van der Waals surface area contributed by atoms with Crippen molar-refractivity contribution in [1.82, 2.24) is 5.16 Å². The van der Waals surface area contributed by atoms with Crippen LogP contribution in [0, 0.1) is 5.92 Å². The number of rotatable bonds is 2. The van der Waals surface area contributed by atoms with E-state index in [9.17, 15) is 0 Å². The average Bonchev–Trinajstić information content (AvgIpc) is 2.50. The van der Waals surface area contributed by atoms with Gasteiger partial charge in [0.2, 0.25) is 0 Å². The lowest BCUT2D eigenvalue weighted by Gasteiger charge is -2.11. The second-order valence-corrected chi connectivity index (χ2v) is 4.74. The first-order valence-electron chi connectivity index (χ1n) is 5.67. The lowest BCUT2D eigenvalue weighted by Crippen LogP contribution is -2.02. The van der Waals surface area contributed by atoms with Crippen LogP contribution in [0.15, 0.2) is 4.52 Å². The molecule has 2 rings (SSSR count). The molecule has 0 amide bonds. The van der Waals surface area contributed by atoms with E-state index in [1.54, 1.807) is 0 Å². The van der Waals surface area contributed by atoms with E-state index >= 15 is 0 Å². The monoisotopic (exact) mass is 228 g/mol. The van der Waals surface area contributed by atoms with Crippen molar-refractivity contribution >= 4 is 17.4 Å². The molecule has 0 spiro atoms. The third-order valence-corrected chi connectivity index (χ3v) is 3.58. The predicted molar refractivity (Wildman–Crippen MR) is 60.8 cm³/mol. The highest BCUT2D eigenvalue weighted by Crippen LogP contribution is 2.30. The number of aromatic nitrogens is 1.